The van der Waals surface area contributed by atoms with Crippen LogP contribution in [0.1, 0.15) is 26.7 Å². The summed E-state index contributed by atoms with van der Waals surface area (Å²) in [7, 11) is 0. The molecule has 106 valence electrons. The van der Waals surface area contributed by atoms with Crippen LogP contribution in [0, 0.1) is 5.92 Å². The van der Waals surface area contributed by atoms with Crippen LogP contribution in [0.2, 0.25) is 0 Å². The molecule has 0 radical (unpaired) electrons. The minimum absolute atomic E-state index is 0.184. The molecule has 1 aliphatic rings. The van der Waals surface area contributed by atoms with Gasteiger partial charge in [-0.1, -0.05) is 20.4 Å². The molecule has 0 aliphatic carbocycles. The number of amides is 3. The molecule has 3 N–H and O–H groups in total. The number of rotatable bonds is 6. The number of carbonyl (C=O) groups is 3. The molecule has 6 nitrogen and oxygen atoms in total. The number of hydrogen-bond acceptors (Lipinski definition) is 3. The largest absolute Gasteiger partial charge is 0.368 e. The summed E-state index contributed by atoms with van der Waals surface area (Å²) in [5.41, 5.74) is 4.38. The Hall–Kier alpha value is -1.85. The fourth-order valence-electron chi connectivity index (χ4n) is 2.13. The zero-order valence-electron chi connectivity index (χ0n) is 11.4. The highest BCUT2D eigenvalue weighted by Crippen LogP contribution is 2.20. The van der Waals surface area contributed by atoms with Gasteiger partial charge in [0.15, 0.2) is 0 Å². The minimum atomic E-state index is -0.986. The van der Waals surface area contributed by atoms with Crippen molar-refractivity contribution < 1.29 is 14.4 Å². The lowest BCUT2D eigenvalue weighted by Gasteiger charge is -2.40. The van der Waals surface area contributed by atoms with E-state index in [9.17, 15) is 14.4 Å². The Morgan fingerprint density at radius 2 is 1.89 bits per heavy atom. The zero-order chi connectivity index (χ0) is 14.6. The Balaban J connectivity index is 2.59. The van der Waals surface area contributed by atoms with E-state index < -0.39 is 11.4 Å². The monoisotopic (exact) mass is 267 g/mol. The van der Waals surface area contributed by atoms with Crippen LogP contribution in [0.3, 0.4) is 0 Å². The number of primary amides is 1. The lowest BCUT2D eigenvalue weighted by atomic mass is 9.89. The molecule has 19 heavy (non-hydrogen) atoms. The van der Waals surface area contributed by atoms with E-state index in [0.717, 1.165) is 0 Å². The fraction of sp³-hybridized carbons (Fsp3) is 0.615. The van der Waals surface area contributed by atoms with Crippen LogP contribution in [0.25, 0.3) is 0 Å². The van der Waals surface area contributed by atoms with E-state index >= 15 is 0 Å². The van der Waals surface area contributed by atoms with Crippen molar-refractivity contribution in [2.45, 2.75) is 32.2 Å². The Labute approximate surface area is 113 Å². The first kappa shape index (κ1) is 15.2. The first-order chi connectivity index (χ1) is 8.90. The van der Waals surface area contributed by atoms with Crippen molar-refractivity contribution in [3.63, 3.8) is 0 Å². The van der Waals surface area contributed by atoms with Gasteiger partial charge in [0.05, 0.1) is 5.92 Å². The third kappa shape index (κ3) is 2.94. The third-order valence-electron chi connectivity index (χ3n) is 3.78. The third-order valence-corrected chi connectivity index (χ3v) is 3.78. The summed E-state index contributed by atoms with van der Waals surface area (Å²) >= 11 is 0. The highest BCUT2D eigenvalue weighted by Gasteiger charge is 2.40. The van der Waals surface area contributed by atoms with Crippen LogP contribution in [-0.4, -0.2) is 41.2 Å². The molecule has 1 heterocycles. The van der Waals surface area contributed by atoms with E-state index in [1.165, 1.54) is 11.0 Å². The van der Waals surface area contributed by atoms with E-state index in [-0.39, 0.29) is 17.7 Å². The van der Waals surface area contributed by atoms with Crippen LogP contribution in [0.5, 0.6) is 0 Å². The fourth-order valence-corrected chi connectivity index (χ4v) is 2.13. The number of nitrogens with one attached hydrogen (secondary N) is 1. The van der Waals surface area contributed by atoms with Crippen molar-refractivity contribution >= 4 is 17.7 Å². The quantitative estimate of drug-likeness (QED) is 0.652. The molecule has 3 amide bonds. The predicted octanol–water partition coefficient (Wildman–Crippen LogP) is -0.209. The van der Waals surface area contributed by atoms with Crippen LogP contribution >= 0.6 is 0 Å². The van der Waals surface area contributed by atoms with Crippen LogP contribution in [-0.2, 0) is 14.4 Å². The van der Waals surface area contributed by atoms with Crippen molar-refractivity contribution in [1.29, 1.82) is 0 Å². The van der Waals surface area contributed by atoms with Crippen molar-refractivity contribution in [1.82, 2.24) is 10.2 Å². The zero-order valence-corrected chi connectivity index (χ0v) is 11.4. The summed E-state index contributed by atoms with van der Waals surface area (Å²) < 4.78 is 0. The minimum Gasteiger partial charge on any atom is -0.368 e. The number of nitrogens with two attached hydrogens (primary N) is 1. The van der Waals surface area contributed by atoms with Gasteiger partial charge in [0.25, 0.3) is 0 Å². The predicted molar refractivity (Wildman–Crippen MR) is 70.9 cm³/mol. The molecule has 0 saturated carbocycles. The summed E-state index contributed by atoms with van der Waals surface area (Å²) in [6.45, 7) is 7.73. The van der Waals surface area contributed by atoms with E-state index in [1.807, 2.05) is 13.8 Å². The average molecular weight is 267 g/mol. The molecule has 0 aromatic rings. The van der Waals surface area contributed by atoms with Gasteiger partial charge in [0, 0.05) is 13.1 Å². The average Bonchev–Trinajstić information content (AvgIpc) is 2.33. The smallest absolute Gasteiger partial charge is 0.246 e. The standard InChI is InChI=1S/C13H21N3O3/c1-4-10(17)16-7-9(8-16)11(18)15-13(5-2,6-3)12(14)19/h4,9H,1,5-8H2,2-3H3,(H2,14,19)(H,15,18). The molecule has 0 atom stereocenters. The maximum Gasteiger partial charge on any atom is 0.246 e. The summed E-state index contributed by atoms with van der Waals surface area (Å²) in [4.78, 5) is 36.3. The molecule has 0 unspecified atom stereocenters. The summed E-state index contributed by atoms with van der Waals surface area (Å²) in [5, 5.41) is 2.73. The first-order valence-corrected chi connectivity index (χ1v) is 6.43. The van der Waals surface area contributed by atoms with Crippen molar-refractivity contribution in [2.24, 2.45) is 11.7 Å². The lowest BCUT2D eigenvalue weighted by Crippen LogP contribution is -2.62. The van der Waals surface area contributed by atoms with Crippen molar-refractivity contribution in [2.75, 3.05) is 13.1 Å². The van der Waals surface area contributed by atoms with Gasteiger partial charge in [-0.3, -0.25) is 14.4 Å². The van der Waals surface area contributed by atoms with Gasteiger partial charge in [-0.25, -0.2) is 0 Å². The number of likely N-dealkylation sites (tertiary alicyclic amines) is 1. The van der Waals surface area contributed by atoms with E-state index in [2.05, 4.69) is 11.9 Å². The second-order valence-electron chi connectivity index (χ2n) is 4.79. The Morgan fingerprint density at radius 3 is 2.26 bits per heavy atom. The molecule has 0 bridgehead atoms. The van der Waals surface area contributed by atoms with Gasteiger partial charge in [0.1, 0.15) is 5.54 Å². The summed E-state index contributed by atoms with van der Waals surface area (Å²) in [5.74, 6) is -1.21. The Kier molecular flexibility index (Phi) is 4.69. The highest BCUT2D eigenvalue weighted by atomic mass is 16.2. The van der Waals surface area contributed by atoms with Crippen LogP contribution < -0.4 is 11.1 Å². The van der Waals surface area contributed by atoms with Crippen LogP contribution in [0.4, 0.5) is 0 Å². The summed E-state index contributed by atoms with van der Waals surface area (Å²) in [6.07, 6.45) is 2.12. The SMILES string of the molecule is C=CC(=O)N1CC(C(=O)NC(CC)(CC)C(N)=O)C1. The molecule has 1 aliphatic heterocycles. The second-order valence-corrected chi connectivity index (χ2v) is 4.79. The number of carbonyl (C=O) groups excluding carboxylic acids is 3. The van der Waals surface area contributed by atoms with Crippen molar-refractivity contribution in [3.05, 3.63) is 12.7 Å². The van der Waals surface area contributed by atoms with E-state index in [0.29, 0.717) is 25.9 Å². The number of nitrogens with zero attached hydrogens (tertiary/aromatic N) is 1. The molecule has 0 spiro atoms. The Bertz CT molecular complexity index is 396. The van der Waals surface area contributed by atoms with Gasteiger partial charge in [-0.15, -0.1) is 0 Å². The second kappa shape index (κ2) is 5.86. The molecular formula is C13H21N3O3. The van der Waals surface area contributed by atoms with Gasteiger partial charge in [-0.05, 0) is 18.9 Å². The van der Waals surface area contributed by atoms with Gasteiger partial charge >= 0.3 is 0 Å². The molecule has 0 aromatic heterocycles. The molecular weight excluding hydrogens is 246 g/mol. The van der Waals surface area contributed by atoms with Gasteiger partial charge in [0.2, 0.25) is 17.7 Å². The van der Waals surface area contributed by atoms with Crippen molar-refractivity contribution in [3.8, 4) is 0 Å². The highest BCUT2D eigenvalue weighted by molar-refractivity contribution is 5.93. The normalized spacial score (nSPS) is 15.6. The maximum absolute atomic E-state index is 12.0. The van der Waals surface area contributed by atoms with Gasteiger partial charge in [-0.2, -0.15) is 0 Å². The molecule has 0 aromatic carbocycles. The topological polar surface area (TPSA) is 92.5 Å². The molecule has 1 saturated heterocycles. The Morgan fingerprint density at radius 1 is 1.37 bits per heavy atom. The van der Waals surface area contributed by atoms with E-state index in [4.69, 9.17) is 5.73 Å². The first-order valence-electron chi connectivity index (χ1n) is 6.43. The summed E-state index contributed by atoms with van der Waals surface area (Å²) in [6, 6.07) is 0. The van der Waals surface area contributed by atoms with Crippen LogP contribution in [0.15, 0.2) is 12.7 Å². The maximum atomic E-state index is 12.0. The lowest BCUT2D eigenvalue weighted by molar-refractivity contribution is -0.142. The molecule has 1 rings (SSSR count). The van der Waals surface area contributed by atoms with Gasteiger partial charge < -0.3 is 16.0 Å². The van der Waals surface area contributed by atoms with E-state index in [1.54, 1.807) is 0 Å². The molecule has 1 fully saturated rings. The molecule has 6 heteroatoms. The number of hydrogen-bond donors (Lipinski definition) is 2.